The molecule has 0 atom stereocenters. The Hall–Kier alpha value is -1.27. The van der Waals surface area contributed by atoms with E-state index in [9.17, 15) is 8.42 Å². The van der Waals surface area contributed by atoms with Crippen molar-refractivity contribution in [3.8, 4) is 5.75 Å². The van der Waals surface area contributed by atoms with Crippen molar-refractivity contribution in [1.82, 2.24) is 4.72 Å². The highest BCUT2D eigenvalue weighted by atomic mass is 32.2. The fraction of sp³-hybridized carbons (Fsp3) is 0.455. The van der Waals surface area contributed by atoms with Crippen LogP contribution >= 0.6 is 0 Å². The number of sulfonamides is 1. The van der Waals surface area contributed by atoms with Gasteiger partial charge in [0.2, 0.25) is 10.0 Å². The molecule has 0 saturated heterocycles. The molecule has 0 spiro atoms. The van der Waals surface area contributed by atoms with Crippen molar-refractivity contribution >= 4 is 15.7 Å². The van der Waals surface area contributed by atoms with Crippen LogP contribution in [-0.4, -0.2) is 21.1 Å². The first kappa shape index (κ1) is 13.8. The molecular formula is C11H18N2O3S. The van der Waals surface area contributed by atoms with E-state index in [0.29, 0.717) is 11.4 Å². The van der Waals surface area contributed by atoms with Crippen LogP contribution in [-0.2, 0) is 10.0 Å². The van der Waals surface area contributed by atoms with Gasteiger partial charge < -0.3 is 10.5 Å². The van der Waals surface area contributed by atoms with Crippen molar-refractivity contribution in [3.05, 3.63) is 18.2 Å². The predicted molar refractivity (Wildman–Crippen MR) is 67.5 cm³/mol. The summed E-state index contributed by atoms with van der Waals surface area (Å²) in [5, 5.41) is 0. The predicted octanol–water partition coefficient (Wildman–Crippen LogP) is 1.35. The number of hydrogen-bond acceptors (Lipinski definition) is 4. The zero-order chi connectivity index (χ0) is 13.3. The van der Waals surface area contributed by atoms with E-state index in [1.807, 2.05) is 20.8 Å². The number of nitrogens with two attached hydrogens (primary N) is 1. The van der Waals surface area contributed by atoms with Gasteiger partial charge >= 0.3 is 0 Å². The third-order valence-corrected chi connectivity index (χ3v) is 3.39. The van der Waals surface area contributed by atoms with Gasteiger partial charge in [-0.15, -0.1) is 0 Å². The van der Waals surface area contributed by atoms with Gasteiger partial charge in [0.1, 0.15) is 11.4 Å². The maximum Gasteiger partial charge on any atom is 0.240 e. The van der Waals surface area contributed by atoms with Gasteiger partial charge in [0, 0.05) is 6.07 Å². The van der Waals surface area contributed by atoms with Crippen LogP contribution in [0, 0.1) is 0 Å². The molecule has 3 N–H and O–H groups in total. The van der Waals surface area contributed by atoms with E-state index in [2.05, 4.69) is 4.72 Å². The summed E-state index contributed by atoms with van der Waals surface area (Å²) in [6.45, 7) is 5.60. The van der Waals surface area contributed by atoms with Gasteiger partial charge in [-0.2, -0.15) is 0 Å². The Balaban J connectivity index is 3.21. The molecule has 0 bridgehead atoms. The van der Waals surface area contributed by atoms with Crippen LogP contribution in [0.2, 0.25) is 0 Å². The van der Waals surface area contributed by atoms with Crippen LogP contribution < -0.4 is 15.2 Å². The van der Waals surface area contributed by atoms with Crippen LogP contribution in [0.3, 0.4) is 0 Å². The summed E-state index contributed by atoms with van der Waals surface area (Å²) in [6, 6.07) is 4.38. The third kappa shape index (κ3) is 3.61. The molecule has 1 aromatic carbocycles. The number of nitrogen functional groups attached to an aromatic ring is 1. The maximum atomic E-state index is 11.6. The lowest BCUT2D eigenvalue weighted by molar-refractivity contribution is 0.131. The first-order valence-corrected chi connectivity index (χ1v) is 6.66. The molecular weight excluding hydrogens is 240 g/mol. The summed E-state index contributed by atoms with van der Waals surface area (Å²) in [7, 11) is -2.12. The Bertz CT molecular complexity index is 504. The molecule has 0 aromatic heterocycles. The lowest BCUT2D eigenvalue weighted by atomic mass is 10.2. The molecule has 1 rings (SSSR count). The lowest BCUT2D eigenvalue weighted by Gasteiger charge is -2.22. The highest BCUT2D eigenvalue weighted by Gasteiger charge is 2.17. The molecule has 0 amide bonds. The summed E-state index contributed by atoms with van der Waals surface area (Å²) < 4.78 is 31.1. The molecule has 17 heavy (non-hydrogen) atoms. The van der Waals surface area contributed by atoms with Crippen LogP contribution in [0.5, 0.6) is 5.75 Å². The van der Waals surface area contributed by atoms with Crippen molar-refractivity contribution < 1.29 is 13.2 Å². The quantitative estimate of drug-likeness (QED) is 0.802. The maximum absolute atomic E-state index is 11.6. The zero-order valence-corrected chi connectivity index (χ0v) is 11.3. The standard InChI is InChI=1S/C11H18N2O3S/c1-11(2,3)16-10-7-8(5-6-9(10)12)17(14,15)13-4/h5-7,13H,12H2,1-4H3. The molecule has 0 radical (unpaired) electrons. The van der Waals surface area contributed by atoms with Crippen molar-refractivity contribution in [2.24, 2.45) is 0 Å². The normalized spacial score (nSPS) is 12.5. The Morgan fingerprint density at radius 2 is 1.88 bits per heavy atom. The average Bonchev–Trinajstić information content (AvgIpc) is 2.19. The van der Waals surface area contributed by atoms with E-state index in [1.165, 1.54) is 25.2 Å². The number of benzene rings is 1. The van der Waals surface area contributed by atoms with Crippen LogP contribution in [0.1, 0.15) is 20.8 Å². The molecule has 0 aliphatic heterocycles. The van der Waals surface area contributed by atoms with E-state index in [0.717, 1.165) is 0 Å². The van der Waals surface area contributed by atoms with Gasteiger partial charge in [-0.1, -0.05) is 0 Å². The summed E-state index contributed by atoms with van der Waals surface area (Å²) in [5.74, 6) is 0.369. The molecule has 0 aliphatic carbocycles. The molecule has 0 heterocycles. The second-order valence-electron chi connectivity index (χ2n) is 4.62. The van der Waals surface area contributed by atoms with Gasteiger partial charge in [-0.25, -0.2) is 13.1 Å². The first-order chi connectivity index (χ1) is 7.65. The molecule has 0 saturated carbocycles. The smallest absolute Gasteiger partial charge is 0.240 e. The fourth-order valence-electron chi connectivity index (χ4n) is 1.22. The van der Waals surface area contributed by atoms with E-state index >= 15 is 0 Å². The Kier molecular flexibility index (Phi) is 3.68. The van der Waals surface area contributed by atoms with Gasteiger partial charge in [-0.3, -0.25) is 0 Å². The number of rotatable bonds is 3. The zero-order valence-electron chi connectivity index (χ0n) is 10.4. The fourth-order valence-corrected chi connectivity index (χ4v) is 1.96. The van der Waals surface area contributed by atoms with E-state index in [1.54, 1.807) is 0 Å². The third-order valence-electron chi connectivity index (χ3n) is 1.98. The molecule has 0 unspecified atom stereocenters. The molecule has 0 fully saturated rings. The van der Waals surface area contributed by atoms with Crippen LogP contribution in [0.4, 0.5) is 5.69 Å². The minimum atomic E-state index is -3.48. The topological polar surface area (TPSA) is 81.4 Å². The average molecular weight is 258 g/mol. The molecule has 1 aromatic rings. The Labute approximate surface area is 102 Å². The highest BCUT2D eigenvalue weighted by molar-refractivity contribution is 7.89. The highest BCUT2D eigenvalue weighted by Crippen LogP contribution is 2.28. The second-order valence-corrected chi connectivity index (χ2v) is 6.51. The van der Waals surface area contributed by atoms with E-state index in [4.69, 9.17) is 10.5 Å². The monoisotopic (exact) mass is 258 g/mol. The van der Waals surface area contributed by atoms with Gasteiger partial charge in [0.25, 0.3) is 0 Å². The van der Waals surface area contributed by atoms with Crippen LogP contribution in [0.25, 0.3) is 0 Å². The summed E-state index contributed by atoms with van der Waals surface area (Å²) in [5.41, 5.74) is 5.72. The van der Waals surface area contributed by atoms with E-state index in [-0.39, 0.29) is 4.90 Å². The van der Waals surface area contributed by atoms with Crippen molar-refractivity contribution in [2.45, 2.75) is 31.3 Å². The Morgan fingerprint density at radius 1 is 1.29 bits per heavy atom. The number of ether oxygens (including phenoxy) is 1. The lowest BCUT2D eigenvalue weighted by Crippen LogP contribution is -2.24. The molecule has 5 nitrogen and oxygen atoms in total. The molecule has 96 valence electrons. The SMILES string of the molecule is CNS(=O)(=O)c1ccc(N)c(OC(C)(C)C)c1. The minimum Gasteiger partial charge on any atom is -0.486 e. The Morgan fingerprint density at radius 3 is 2.35 bits per heavy atom. The van der Waals surface area contributed by atoms with Crippen molar-refractivity contribution in [3.63, 3.8) is 0 Å². The summed E-state index contributed by atoms with van der Waals surface area (Å²) in [6.07, 6.45) is 0. The van der Waals surface area contributed by atoms with Crippen LogP contribution in [0.15, 0.2) is 23.1 Å². The van der Waals surface area contributed by atoms with E-state index < -0.39 is 15.6 Å². The summed E-state index contributed by atoms with van der Waals surface area (Å²) in [4.78, 5) is 0.133. The number of nitrogens with one attached hydrogen (secondary N) is 1. The molecule has 0 aliphatic rings. The van der Waals surface area contributed by atoms with Gasteiger partial charge in [0.05, 0.1) is 10.6 Å². The minimum absolute atomic E-state index is 0.133. The van der Waals surface area contributed by atoms with Crippen molar-refractivity contribution in [1.29, 1.82) is 0 Å². The summed E-state index contributed by atoms with van der Waals surface area (Å²) >= 11 is 0. The number of anilines is 1. The largest absolute Gasteiger partial charge is 0.486 e. The van der Waals surface area contributed by atoms with Gasteiger partial charge in [0.15, 0.2) is 0 Å². The van der Waals surface area contributed by atoms with Gasteiger partial charge in [-0.05, 0) is 40.0 Å². The number of hydrogen-bond donors (Lipinski definition) is 2. The molecule has 6 heteroatoms. The first-order valence-electron chi connectivity index (χ1n) is 5.18. The second kappa shape index (κ2) is 4.54. The van der Waals surface area contributed by atoms with Crippen molar-refractivity contribution in [2.75, 3.05) is 12.8 Å².